The molecule has 2 saturated heterocycles. The van der Waals surface area contributed by atoms with Crippen LogP contribution in [0.2, 0.25) is 0 Å². The molecule has 1 amide bonds. The first-order chi connectivity index (χ1) is 13.6. The van der Waals surface area contributed by atoms with Crippen LogP contribution in [0, 0.1) is 10.6 Å². The van der Waals surface area contributed by atoms with Gasteiger partial charge in [-0.15, -0.1) is 0 Å². The van der Waals surface area contributed by atoms with Gasteiger partial charge >= 0.3 is 5.91 Å². The molecule has 0 N–H and O–H groups in total. The van der Waals surface area contributed by atoms with Gasteiger partial charge in [-0.3, -0.25) is 9.55 Å². The van der Waals surface area contributed by atoms with Gasteiger partial charge < -0.3 is 10.1 Å². The van der Waals surface area contributed by atoms with Gasteiger partial charge in [-0.05, 0) is 43.7 Å². The minimum absolute atomic E-state index is 0.0513. The van der Waals surface area contributed by atoms with Gasteiger partial charge in [-0.1, -0.05) is 12.8 Å². The Morgan fingerprint density at radius 2 is 1.75 bits per heavy atom. The molecule has 3 aliphatic rings. The number of piperidine rings is 1. The predicted molar refractivity (Wildman–Crippen MR) is 108 cm³/mol. The fourth-order valence-corrected chi connectivity index (χ4v) is 5.21. The van der Waals surface area contributed by atoms with E-state index in [0.29, 0.717) is 19.5 Å². The van der Waals surface area contributed by atoms with Crippen molar-refractivity contribution in [3.63, 3.8) is 0 Å². The van der Waals surface area contributed by atoms with Gasteiger partial charge in [-0.25, -0.2) is 14.8 Å². The maximum Gasteiger partial charge on any atom is 0.314 e. The third-order valence-electron chi connectivity index (χ3n) is 7.10. The van der Waals surface area contributed by atoms with Gasteiger partial charge in [0.25, 0.3) is 0 Å². The molecule has 1 spiro atoms. The van der Waals surface area contributed by atoms with Gasteiger partial charge in [0.2, 0.25) is 5.95 Å². The van der Waals surface area contributed by atoms with Gasteiger partial charge in [0.1, 0.15) is 0 Å². The van der Waals surface area contributed by atoms with E-state index in [-0.39, 0.29) is 11.3 Å². The Hall–Kier alpha value is -1.57. The lowest BCUT2D eigenvalue weighted by molar-refractivity contribution is -0.811. The van der Waals surface area contributed by atoms with E-state index in [1.807, 2.05) is 6.07 Å². The summed E-state index contributed by atoms with van der Waals surface area (Å²) in [4.78, 5) is 25.9. The number of anilines is 1. The van der Waals surface area contributed by atoms with Crippen LogP contribution in [0.15, 0.2) is 18.5 Å². The van der Waals surface area contributed by atoms with Crippen LogP contribution in [0.3, 0.4) is 0 Å². The zero-order valence-electron chi connectivity index (χ0n) is 16.9. The number of unbranched alkanes of at least 4 members (excludes halogenated alkanes) is 1. The number of nitrogens with zero attached hydrogens (tertiary/aromatic N) is 5. The second kappa shape index (κ2) is 8.43. The molecule has 0 bridgehead atoms. The fraction of sp³-hybridized carbons (Fsp3) is 0.762. The molecule has 3 heterocycles. The smallest absolute Gasteiger partial charge is 0.314 e. The van der Waals surface area contributed by atoms with Crippen molar-refractivity contribution < 1.29 is 9.44 Å². The van der Waals surface area contributed by atoms with E-state index >= 15 is 0 Å². The first-order valence-electron chi connectivity index (χ1n) is 10.9. The molecule has 2 aliphatic heterocycles. The third-order valence-corrected chi connectivity index (χ3v) is 7.10. The van der Waals surface area contributed by atoms with E-state index < -0.39 is 4.65 Å². The molecule has 0 aromatic carbocycles. The Bertz CT molecular complexity index is 656. The summed E-state index contributed by atoms with van der Waals surface area (Å²) in [5, 5.41) is 13.0. The quantitative estimate of drug-likeness (QED) is 0.424. The molecule has 3 fully saturated rings. The van der Waals surface area contributed by atoms with Crippen molar-refractivity contribution in [2.75, 3.05) is 50.7 Å². The topological polar surface area (TPSA) is 72.4 Å². The van der Waals surface area contributed by atoms with Crippen LogP contribution in [0.25, 0.3) is 0 Å². The minimum Gasteiger partial charge on any atom is -0.625 e. The molecule has 1 unspecified atom stereocenters. The zero-order valence-corrected chi connectivity index (χ0v) is 16.9. The van der Waals surface area contributed by atoms with Crippen molar-refractivity contribution in [3.05, 3.63) is 23.7 Å². The van der Waals surface area contributed by atoms with Crippen LogP contribution in [-0.2, 0) is 4.79 Å². The summed E-state index contributed by atoms with van der Waals surface area (Å²) in [5.74, 6) is 0.758. The first kappa shape index (κ1) is 19.7. The predicted octanol–water partition coefficient (Wildman–Crippen LogP) is 2.57. The second-order valence-corrected chi connectivity index (χ2v) is 8.95. The maximum absolute atomic E-state index is 13.0. The molecular weight excluding hydrogens is 354 g/mol. The van der Waals surface area contributed by atoms with E-state index in [4.69, 9.17) is 0 Å². The van der Waals surface area contributed by atoms with Crippen LogP contribution in [0.4, 0.5) is 5.95 Å². The summed E-state index contributed by atoms with van der Waals surface area (Å²) in [6.45, 7) is 5.84. The Morgan fingerprint density at radius 3 is 2.43 bits per heavy atom. The first-order valence-corrected chi connectivity index (χ1v) is 10.9. The van der Waals surface area contributed by atoms with Gasteiger partial charge in [-0.2, -0.15) is 0 Å². The zero-order chi connectivity index (χ0) is 19.5. The number of hydrogen-bond acceptors (Lipinski definition) is 6. The minimum atomic E-state index is -0.569. The number of likely N-dealkylation sites (tertiary alicyclic amines) is 1. The summed E-state index contributed by atoms with van der Waals surface area (Å²) >= 11 is 0. The molecule has 1 aromatic rings. The van der Waals surface area contributed by atoms with Crippen molar-refractivity contribution in [2.24, 2.45) is 5.41 Å². The van der Waals surface area contributed by atoms with Crippen LogP contribution in [-0.4, -0.2) is 71.2 Å². The van der Waals surface area contributed by atoms with E-state index in [9.17, 15) is 10.0 Å². The molecule has 1 aromatic heterocycles. The average molecular weight is 388 g/mol. The largest absolute Gasteiger partial charge is 0.625 e. The normalized spacial score (nSPS) is 28.2. The molecule has 7 nitrogen and oxygen atoms in total. The molecule has 1 atom stereocenters. The van der Waals surface area contributed by atoms with Crippen molar-refractivity contribution in [1.82, 2.24) is 14.9 Å². The fourth-order valence-electron chi connectivity index (χ4n) is 5.21. The highest BCUT2D eigenvalue weighted by Crippen LogP contribution is 2.47. The van der Waals surface area contributed by atoms with E-state index in [0.717, 1.165) is 70.8 Å². The molecule has 1 saturated carbocycles. The second-order valence-electron chi connectivity index (χ2n) is 8.95. The summed E-state index contributed by atoms with van der Waals surface area (Å²) in [6.07, 6.45) is 11.6. The number of amides is 1. The number of carbonyl (C=O) groups is 1. The lowest BCUT2D eigenvalue weighted by Gasteiger charge is -2.48. The number of hydrogen-bond donors (Lipinski definition) is 0. The molecule has 1 aliphatic carbocycles. The number of rotatable bonds is 6. The van der Waals surface area contributed by atoms with Crippen molar-refractivity contribution in [2.45, 2.75) is 51.4 Å². The van der Waals surface area contributed by atoms with E-state index in [1.165, 1.54) is 12.8 Å². The Labute approximate surface area is 167 Å². The molecule has 28 heavy (non-hydrogen) atoms. The molecular formula is C21H33N5O2. The highest BCUT2D eigenvalue weighted by atomic mass is 16.6. The Kier molecular flexibility index (Phi) is 5.94. The lowest BCUT2D eigenvalue weighted by atomic mass is 9.76. The summed E-state index contributed by atoms with van der Waals surface area (Å²) in [6, 6.07) is 1.84. The van der Waals surface area contributed by atoms with Crippen molar-refractivity contribution >= 4 is 11.9 Å². The van der Waals surface area contributed by atoms with Crippen LogP contribution >= 0.6 is 0 Å². The maximum atomic E-state index is 13.0. The third kappa shape index (κ3) is 4.36. The molecule has 154 valence electrons. The number of piperazine rings is 1. The average Bonchev–Trinajstić information content (AvgIpc) is 3.18. The summed E-state index contributed by atoms with van der Waals surface area (Å²) in [7, 11) is 0. The van der Waals surface area contributed by atoms with E-state index in [1.54, 1.807) is 12.4 Å². The Balaban J connectivity index is 1.16. The Morgan fingerprint density at radius 1 is 1.04 bits per heavy atom. The number of carbonyl (C=O) groups excluding carboxylic acids is 1. The van der Waals surface area contributed by atoms with Gasteiger partial charge in [0.15, 0.2) is 0 Å². The molecule has 0 radical (unpaired) electrons. The van der Waals surface area contributed by atoms with Crippen molar-refractivity contribution in [3.8, 4) is 0 Å². The monoisotopic (exact) mass is 387 g/mol. The van der Waals surface area contributed by atoms with Gasteiger partial charge in [0.05, 0.1) is 19.5 Å². The standard InChI is InChI=1S/C21H33N5O2/c27-19-18-21(6-1-2-7-21)8-17-26(19,28)16-4-3-11-24-12-14-25(15-13-24)20-22-9-5-10-23-20/h5,9-10H,1-4,6-8,11-18H2. The molecule has 4 rings (SSSR count). The summed E-state index contributed by atoms with van der Waals surface area (Å²) in [5.41, 5.74) is 0.186. The highest BCUT2D eigenvalue weighted by Gasteiger charge is 2.46. The number of hydroxylamine groups is 3. The van der Waals surface area contributed by atoms with E-state index in [2.05, 4.69) is 19.8 Å². The van der Waals surface area contributed by atoms with Crippen LogP contribution in [0.5, 0.6) is 0 Å². The van der Waals surface area contributed by atoms with Crippen LogP contribution in [0.1, 0.15) is 51.4 Å². The summed E-state index contributed by atoms with van der Waals surface area (Å²) < 4.78 is -0.569. The number of aromatic nitrogens is 2. The van der Waals surface area contributed by atoms with Crippen molar-refractivity contribution in [1.29, 1.82) is 0 Å². The SMILES string of the molecule is O=C1CC2(CCCC2)CC[N+]1([O-])CCCCN1CCN(c2ncccn2)CC1. The van der Waals surface area contributed by atoms with Gasteiger partial charge in [0, 0.05) is 45.0 Å². The molecule has 7 heteroatoms. The highest BCUT2D eigenvalue weighted by molar-refractivity contribution is 5.71. The van der Waals surface area contributed by atoms with Crippen LogP contribution < -0.4 is 4.90 Å². The lowest BCUT2D eigenvalue weighted by Crippen LogP contribution is -2.55. The number of quaternary nitrogens is 1.